The lowest BCUT2D eigenvalue weighted by atomic mass is 9.93. The molecule has 3 rings (SSSR count). The van der Waals surface area contributed by atoms with Crippen LogP contribution < -0.4 is 5.32 Å². The van der Waals surface area contributed by atoms with Gasteiger partial charge in [-0.2, -0.15) is 0 Å². The summed E-state index contributed by atoms with van der Waals surface area (Å²) in [5.74, 6) is 0.944. The van der Waals surface area contributed by atoms with Crippen molar-refractivity contribution in [1.29, 1.82) is 0 Å². The van der Waals surface area contributed by atoms with Crippen molar-refractivity contribution in [3.8, 4) is 0 Å². The van der Waals surface area contributed by atoms with Crippen LogP contribution in [0, 0.1) is 19.8 Å². The summed E-state index contributed by atoms with van der Waals surface area (Å²) in [5.41, 5.74) is 1.88. The first-order chi connectivity index (χ1) is 11.5. The second-order valence-electron chi connectivity index (χ2n) is 6.95. The zero-order valence-corrected chi connectivity index (χ0v) is 14.4. The molecule has 0 radical (unpaired) electrons. The molecular weight excluding hydrogens is 309 g/mol. The van der Waals surface area contributed by atoms with Gasteiger partial charge in [-0.3, -0.25) is 9.69 Å². The van der Waals surface area contributed by atoms with E-state index in [0.717, 1.165) is 36.3 Å². The van der Waals surface area contributed by atoms with Crippen molar-refractivity contribution in [2.24, 2.45) is 5.92 Å². The molecule has 0 spiro atoms. The maximum absolute atomic E-state index is 13.9. The molecule has 1 aromatic rings. The van der Waals surface area contributed by atoms with Gasteiger partial charge in [-0.25, -0.2) is 4.39 Å². The van der Waals surface area contributed by atoms with Crippen LogP contribution in [0.4, 0.5) is 4.39 Å². The summed E-state index contributed by atoms with van der Waals surface area (Å²) >= 11 is 0. The fourth-order valence-electron chi connectivity index (χ4n) is 3.65. The fourth-order valence-corrected chi connectivity index (χ4v) is 3.65. The molecule has 1 unspecified atom stereocenters. The first-order valence-corrected chi connectivity index (χ1v) is 8.77. The summed E-state index contributed by atoms with van der Waals surface area (Å²) in [6.45, 7) is 5.31. The summed E-state index contributed by atoms with van der Waals surface area (Å²) in [7, 11) is 0. The molecule has 1 aromatic heterocycles. The van der Waals surface area contributed by atoms with Gasteiger partial charge in [-0.05, 0) is 39.5 Å². The third kappa shape index (κ3) is 3.86. The van der Waals surface area contributed by atoms with E-state index in [1.54, 1.807) is 0 Å². The van der Waals surface area contributed by atoms with Crippen molar-refractivity contribution in [1.82, 2.24) is 15.4 Å². The number of nitrogens with zero attached hydrogens (tertiary/aromatic N) is 2. The number of rotatable bonds is 5. The Balaban J connectivity index is 1.57. The molecule has 6 heteroatoms. The molecule has 1 aliphatic carbocycles. The summed E-state index contributed by atoms with van der Waals surface area (Å²) in [4.78, 5) is 14.4. The average molecular weight is 335 g/mol. The Kier molecular flexibility index (Phi) is 5.33. The van der Waals surface area contributed by atoms with E-state index in [1.165, 1.54) is 0 Å². The van der Waals surface area contributed by atoms with Crippen LogP contribution in [0.15, 0.2) is 16.7 Å². The summed E-state index contributed by atoms with van der Waals surface area (Å²) in [6, 6.07) is 0.0248. The van der Waals surface area contributed by atoms with Crippen molar-refractivity contribution in [2.45, 2.75) is 58.3 Å². The number of amides is 1. The molecule has 0 bridgehead atoms. The Morgan fingerprint density at radius 3 is 2.96 bits per heavy atom. The van der Waals surface area contributed by atoms with E-state index in [9.17, 15) is 9.18 Å². The zero-order chi connectivity index (χ0) is 17.1. The quantitative estimate of drug-likeness (QED) is 0.841. The minimum absolute atomic E-state index is 0.0248. The lowest BCUT2D eigenvalue weighted by molar-refractivity contribution is -0.125. The minimum atomic E-state index is -0.843. The molecule has 1 aliphatic heterocycles. The van der Waals surface area contributed by atoms with Crippen LogP contribution in [-0.4, -0.2) is 41.3 Å². The standard InChI is InChI=1S/C18H26FN3O2/c1-12-17(13(2)24-21-12)11-22-10-15(19)8-16(22)9-20-18(23)14-6-4-3-5-7-14/h3-4,14-16H,5-11H2,1-2H3,(H,20,23)/t14?,15-,16-/m0/s1. The Bertz CT molecular complexity index is 594. The second kappa shape index (κ2) is 7.47. The van der Waals surface area contributed by atoms with Gasteiger partial charge >= 0.3 is 0 Å². The Labute approximate surface area is 142 Å². The number of allylic oxidation sites excluding steroid dienone is 2. The van der Waals surface area contributed by atoms with E-state index in [4.69, 9.17) is 4.52 Å². The number of carbonyl (C=O) groups excluding carboxylic acids is 1. The van der Waals surface area contributed by atoms with Crippen molar-refractivity contribution >= 4 is 5.91 Å². The van der Waals surface area contributed by atoms with Gasteiger partial charge in [-0.1, -0.05) is 17.3 Å². The molecule has 3 atom stereocenters. The van der Waals surface area contributed by atoms with Gasteiger partial charge in [0.1, 0.15) is 11.9 Å². The summed E-state index contributed by atoms with van der Waals surface area (Å²) in [6.07, 6.45) is 6.50. The van der Waals surface area contributed by atoms with Crippen LogP contribution in [0.3, 0.4) is 0 Å². The fraction of sp³-hybridized carbons (Fsp3) is 0.667. The van der Waals surface area contributed by atoms with E-state index in [-0.39, 0.29) is 17.9 Å². The molecule has 2 aliphatic rings. The summed E-state index contributed by atoms with van der Waals surface area (Å²) < 4.78 is 19.1. The minimum Gasteiger partial charge on any atom is -0.361 e. The van der Waals surface area contributed by atoms with Crippen molar-refractivity contribution in [3.05, 3.63) is 29.2 Å². The molecule has 1 amide bonds. The van der Waals surface area contributed by atoms with Gasteiger partial charge in [0.2, 0.25) is 5.91 Å². The number of likely N-dealkylation sites (tertiary alicyclic amines) is 1. The maximum atomic E-state index is 13.9. The lowest BCUT2D eigenvalue weighted by Gasteiger charge is -2.25. The van der Waals surface area contributed by atoms with Crippen LogP contribution in [0.5, 0.6) is 0 Å². The highest BCUT2D eigenvalue weighted by atomic mass is 19.1. The predicted molar refractivity (Wildman–Crippen MR) is 89.2 cm³/mol. The van der Waals surface area contributed by atoms with Crippen molar-refractivity contribution in [3.63, 3.8) is 0 Å². The predicted octanol–water partition coefficient (Wildman–Crippen LogP) is 2.68. The maximum Gasteiger partial charge on any atom is 0.223 e. The number of alkyl halides is 1. The van der Waals surface area contributed by atoms with E-state index in [2.05, 4.69) is 27.5 Å². The van der Waals surface area contributed by atoms with E-state index in [0.29, 0.717) is 26.1 Å². The van der Waals surface area contributed by atoms with Crippen LogP contribution in [0.25, 0.3) is 0 Å². The van der Waals surface area contributed by atoms with Gasteiger partial charge in [0.15, 0.2) is 0 Å². The zero-order valence-electron chi connectivity index (χ0n) is 14.4. The molecule has 1 saturated heterocycles. The third-order valence-electron chi connectivity index (χ3n) is 5.17. The summed E-state index contributed by atoms with van der Waals surface area (Å²) in [5, 5.41) is 7.00. The number of halogens is 1. The Hall–Kier alpha value is -1.69. The second-order valence-corrected chi connectivity index (χ2v) is 6.95. The molecule has 1 N–H and O–H groups in total. The van der Waals surface area contributed by atoms with Crippen LogP contribution in [0.2, 0.25) is 0 Å². The van der Waals surface area contributed by atoms with Gasteiger partial charge in [-0.15, -0.1) is 0 Å². The van der Waals surface area contributed by atoms with E-state index in [1.807, 2.05) is 13.8 Å². The van der Waals surface area contributed by atoms with Gasteiger partial charge in [0.25, 0.3) is 0 Å². The molecule has 5 nitrogen and oxygen atoms in total. The number of aryl methyl sites for hydroxylation is 2. The van der Waals surface area contributed by atoms with E-state index >= 15 is 0 Å². The number of aromatic nitrogens is 1. The van der Waals surface area contributed by atoms with Gasteiger partial charge in [0, 0.05) is 37.2 Å². The SMILES string of the molecule is Cc1noc(C)c1CN1C[C@@H](F)C[C@H]1CNC(=O)C1CC=CCC1. The molecule has 2 heterocycles. The number of carbonyl (C=O) groups is 1. The molecular formula is C18H26FN3O2. The normalized spacial score (nSPS) is 27.5. The highest BCUT2D eigenvalue weighted by molar-refractivity contribution is 5.79. The monoisotopic (exact) mass is 335 g/mol. The highest BCUT2D eigenvalue weighted by Gasteiger charge is 2.33. The first-order valence-electron chi connectivity index (χ1n) is 8.77. The topological polar surface area (TPSA) is 58.4 Å². The van der Waals surface area contributed by atoms with E-state index < -0.39 is 6.17 Å². The highest BCUT2D eigenvalue weighted by Crippen LogP contribution is 2.25. The van der Waals surface area contributed by atoms with Gasteiger partial charge < -0.3 is 9.84 Å². The Morgan fingerprint density at radius 2 is 2.29 bits per heavy atom. The van der Waals surface area contributed by atoms with Crippen LogP contribution in [-0.2, 0) is 11.3 Å². The number of nitrogens with one attached hydrogen (secondary N) is 1. The average Bonchev–Trinajstić information content (AvgIpc) is 3.10. The molecule has 0 saturated carbocycles. The number of hydrogen-bond acceptors (Lipinski definition) is 4. The molecule has 0 aromatic carbocycles. The number of hydrogen-bond donors (Lipinski definition) is 1. The van der Waals surface area contributed by atoms with Gasteiger partial charge in [0.05, 0.1) is 5.69 Å². The Morgan fingerprint density at radius 1 is 1.46 bits per heavy atom. The van der Waals surface area contributed by atoms with Crippen molar-refractivity contribution < 1.29 is 13.7 Å². The smallest absolute Gasteiger partial charge is 0.223 e. The molecule has 132 valence electrons. The largest absolute Gasteiger partial charge is 0.361 e. The lowest BCUT2D eigenvalue weighted by Crippen LogP contribution is -2.42. The molecule has 24 heavy (non-hydrogen) atoms. The van der Waals surface area contributed by atoms with Crippen LogP contribution in [0.1, 0.15) is 42.7 Å². The van der Waals surface area contributed by atoms with Crippen LogP contribution >= 0.6 is 0 Å². The first kappa shape index (κ1) is 17.1. The van der Waals surface area contributed by atoms with Crippen molar-refractivity contribution in [2.75, 3.05) is 13.1 Å². The molecule has 1 fully saturated rings. The third-order valence-corrected chi connectivity index (χ3v) is 5.17.